The third-order valence-electron chi connectivity index (χ3n) is 4.39. The number of hydrogen-bond acceptors (Lipinski definition) is 3. The van der Waals surface area contributed by atoms with E-state index in [-0.39, 0.29) is 11.6 Å². The van der Waals surface area contributed by atoms with Gasteiger partial charge in [-0.15, -0.1) is 0 Å². The maximum Gasteiger partial charge on any atom is 0.123 e. The van der Waals surface area contributed by atoms with Gasteiger partial charge in [0, 0.05) is 11.1 Å². The van der Waals surface area contributed by atoms with Gasteiger partial charge in [0.2, 0.25) is 0 Å². The normalized spacial score (nSPS) is 13.5. The zero-order chi connectivity index (χ0) is 16.0. The molecule has 0 heterocycles. The lowest BCUT2D eigenvalue weighted by atomic mass is 9.85. The number of aryl methyl sites for hydroxylation is 1. The van der Waals surface area contributed by atoms with Crippen molar-refractivity contribution in [2.24, 2.45) is 0 Å². The van der Waals surface area contributed by atoms with Gasteiger partial charge >= 0.3 is 0 Å². The highest BCUT2D eigenvalue weighted by Crippen LogP contribution is 2.36. The Morgan fingerprint density at radius 1 is 1.19 bits per heavy atom. The highest BCUT2D eigenvalue weighted by atomic mass is 16.5. The van der Waals surface area contributed by atoms with Crippen molar-refractivity contribution in [1.29, 1.82) is 0 Å². The van der Waals surface area contributed by atoms with Crippen LogP contribution in [0.15, 0.2) is 18.2 Å². The van der Waals surface area contributed by atoms with Crippen LogP contribution in [-0.2, 0) is 0 Å². The number of nitrogens with zero attached hydrogens (tertiary/aromatic N) is 1. The molecule has 1 N–H and O–H groups in total. The predicted octanol–water partition coefficient (Wildman–Crippen LogP) is 3.77. The van der Waals surface area contributed by atoms with Gasteiger partial charge in [-0.05, 0) is 46.5 Å². The van der Waals surface area contributed by atoms with Crippen LogP contribution in [-0.4, -0.2) is 37.2 Å². The van der Waals surface area contributed by atoms with Crippen LogP contribution in [0.4, 0.5) is 0 Å². The summed E-state index contributed by atoms with van der Waals surface area (Å²) in [5, 5.41) is 3.67. The van der Waals surface area contributed by atoms with Crippen LogP contribution in [0.5, 0.6) is 5.75 Å². The number of ether oxygens (including phenoxy) is 1. The van der Waals surface area contributed by atoms with Crippen LogP contribution in [0.25, 0.3) is 0 Å². The Balaban J connectivity index is 3.32. The van der Waals surface area contributed by atoms with Crippen molar-refractivity contribution in [3.8, 4) is 5.75 Å². The van der Waals surface area contributed by atoms with Crippen LogP contribution in [0, 0.1) is 6.92 Å². The fourth-order valence-electron chi connectivity index (χ4n) is 3.24. The highest BCUT2D eigenvalue weighted by molar-refractivity contribution is 5.40. The van der Waals surface area contributed by atoms with E-state index in [1.165, 1.54) is 11.1 Å². The van der Waals surface area contributed by atoms with Crippen LogP contribution >= 0.6 is 0 Å². The van der Waals surface area contributed by atoms with Gasteiger partial charge < -0.3 is 10.1 Å². The van der Waals surface area contributed by atoms with Crippen LogP contribution in [0.2, 0.25) is 0 Å². The van der Waals surface area contributed by atoms with Crippen molar-refractivity contribution in [3.63, 3.8) is 0 Å². The molecule has 21 heavy (non-hydrogen) atoms. The molecule has 1 aromatic rings. The van der Waals surface area contributed by atoms with E-state index >= 15 is 0 Å². The van der Waals surface area contributed by atoms with Gasteiger partial charge in [-0.25, -0.2) is 0 Å². The Morgan fingerprint density at radius 2 is 1.81 bits per heavy atom. The number of likely N-dealkylation sites (N-methyl/N-ethyl adjacent to an activating group) is 2. The van der Waals surface area contributed by atoms with Gasteiger partial charge in [0.15, 0.2) is 0 Å². The molecular weight excluding hydrogens is 260 g/mol. The number of benzene rings is 1. The first-order chi connectivity index (χ1) is 9.92. The maximum atomic E-state index is 5.61. The molecule has 0 aliphatic carbocycles. The summed E-state index contributed by atoms with van der Waals surface area (Å²) in [6.07, 6.45) is 0. The van der Waals surface area contributed by atoms with Gasteiger partial charge in [-0.1, -0.05) is 38.5 Å². The second-order valence-corrected chi connectivity index (χ2v) is 6.06. The molecule has 0 bridgehead atoms. The minimum absolute atomic E-state index is 0.0145. The van der Waals surface area contributed by atoms with Gasteiger partial charge in [0.05, 0.1) is 13.2 Å². The predicted molar refractivity (Wildman–Crippen MR) is 91.1 cm³/mol. The van der Waals surface area contributed by atoms with E-state index in [9.17, 15) is 0 Å². The van der Waals surface area contributed by atoms with Gasteiger partial charge in [0.25, 0.3) is 0 Å². The zero-order valence-electron chi connectivity index (χ0n) is 14.8. The largest absolute Gasteiger partial charge is 0.496 e. The van der Waals surface area contributed by atoms with Gasteiger partial charge in [-0.2, -0.15) is 0 Å². The van der Waals surface area contributed by atoms with Gasteiger partial charge in [0.1, 0.15) is 5.75 Å². The summed E-state index contributed by atoms with van der Waals surface area (Å²) in [6.45, 7) is 16.4. The van der Waals surface area contributed by atoms with Crippen molar-refractivity contribution in [2.75, 3.05) is 26.7 Å². The lowest BCUT2D eigenvalue weighted by Gasteiger charge is -2.44. The molecule has 0 radical (unpaired) electrons. The molecule has 0 aliphatic rings. The first-order valence-corrected chi connectivity index (χ1v) is 8.05. The molecule has 0 spiro atoms. The Kier molecular flexibility index (Phi) is 6.69. The number of nitrogens with one attached hydrogen (secondary N) is 1. The van der Waals surface area contributed by atoms with Crippen LogP contribution in [0.1, 0.15) is 51.8 Å². The summed E-state index contributed by atoms with van der Waals surface area (Å²) in [4.78, 5) is 2.50. The molecule has 3 heteroatoms. The fraction of sp³-hybridized carbons (Fsp3) is 0.667. The number of rotatable bonds is 8. The lowest BCUT2D eigenvalue weighted by molar-refractivity contribution is 0.0907. The summed E-state index contributed by atoms with van der Waals surface area (Å²) >= 11 is 0. The first kappa shape index (κ1) is 18.0. The standard InChI is InChI=1S/C18H32N2O/c1-8-19-17(18(5,6)20(9-2)10-3)15-13-14(4)11-12-16(15)21-7/h11-13,17,19H,8-10H2,1-7H3. The first-order valence-electron chi connectivity index (χ1n) is 8.05. The summed E-state index contributed by atoms with van der Waals surface area (Å²) in [6, 6.07) is 6.66. The molecule has 0 aliphatic heterocycles. The van der Waals surface area contributed by atoms with Crippen molar-refractivity contribution in [1.82, 2.24) is 10.2 Å². The quantitative estimate of drug-likeness (QED) is 0.789. The van der Waals surface area contributed by atoms with Crippen LogP contribution in [0.3, 0.4) is 0 Å². The second-order valence-electron chi connectivity index (χ2n) is 6.06. The van der Waals surface area contributed by atoms with Gasteiger partial charge in [-0.3, -0.25) is 4.90 Å². The number of methoxy groups -OCH3 is 1. The van der Waals surface area contributed by atoms with E-state index in [2.05, 4.69) is 70.0 Å². The van der Waals surface area contributed by atoms with E-state index in [1.807, 2.05) is 0 Å². The molecule has 0 saturated heterocycles. The Bertz CT molecular complexity index is 439. The topological polar surface area (TPSA) is 24.5 Å². The molecule has 0 fully saturated rings. The molecule has 1 rings (SSSR count). The molecule has 120 valence electrons. The van der Waals surface area contributed by atoms with Crippen molar-refractivity contribution >= 4 is 0 Å². The summed E-state index contributed by atoms with van der Waals surface area (Å²) < 4.78 is 5.61. The second kappa shape index (κ2) is 7.81. The Labute approximate surface area is 130 Å². The van der Waals surface area contributed by atoms with Crippen LogP contribution < -0.4 is 10.1 Å². The van der Waals surface area contributed by atoms with E-state index in [1.54, 1.807) is 7.11 Å². The number of hydrogen-bond donors (Lipinski definition) is 1. The Hall–Kier alpha value is -1.06. The third-order valence-corrected chi connectivity index (χ3v) is 4.39. The third kappa shape index (κ3) is 3.98. The van der Waals surface area contributed by atoms with Crippen molar-refractivity contribution < 1.29 is 4.74 Å². The molecule has 0 saturated carbocycles. The summed E-state index contributed by atoms with van der Waals surface area (Å²) in [5.74, 6) is 0.965. The minimum Gasteiger partial charge on any atom is -0.496 e. The molecule has 1 unspecified atom stereocenters. The van der Waals surface area contributed by atoms with Crippen molar-refractivity contribution in [2.45, 2.75) is 53.1 Å². The maximum absolute atomic E-state index is 5.61. The highest BCUT2D eigenvalue weighted by Gasteiger charge is 2.36. The van der Waals surface area contributed by atoms with E-state index < -0.39 is 0 Å². The van der Waals surface area contributed by atoms with E-state index in [0.29, 0.717) is 0 Å². The monoisotopic (exact) mass is 292 g/mol. The Morgan fingerprint density at radius 3 is 2.29 bits per heavy atom. The van der Waals surface area contributed by atoms with Crippen molar-refractivity contribution in [3.05, 3.63) is 29.3 Å². The molecule has 1 aromatic carbocycles. The fourth-order valence-corrected chi connectivity index (χ4v) is 3.24. The molecule has 0 amide bonds. The molecule has 3 nitrogen and oxygen atoms in total. The van der Waals surface area contributed by atoms with E-state index in [4.69, 9.17) is 4.74 Å². The molecule has 1 atom stereocenters. The lowest BCUT2D eigenvalue weighted by Crippen LogP contribution is -2.52. The minimum atomic E-state index is 0.0145. The zero-order valence-corrected chi connectivity index (χ0v) is 14.8. The smallest absolute Gasteiger partial charge is 0.123 e. The average molecular weight is 292 g/mol. The SMILES string of the molecule is CCNC(c1cc(C)ccc1OC)C(C)(C)N(CC)CC. The summed E-state index contributed by atoms with van der Waals surface area (Å²) in [5.41, 5.74) is 2.53. The van der Waals surface area contributed by atoms with E-state index in [0.717, 1.165) is 25.4 Å². The molecular formula is C18H32N2O. The molecule has 0 aromatic heterocycles. The average Bonchev–Trinajstić information content (AvgIpc) is 2.45. The summed E-state index contributed by atoms with van der Waals surface area (Å²) in [7, 11) is 1.75.